The number of hydrogen-bond donors (Lipinski definition) is 1. The van der Waals surface area contributed by atoms with Gasteiger partial charge in [-0.05, 0) is 18.6 Å². The zero-order valence-electron chi connectivity index (χ0n) is 9.20. The highest BCUT2D eigenvalue weighted by Gasteiger charge is 2.23. The van der Waals surface area contributed by atoms with E-state index >= 15 is 0 Å². The summed E-state index contributed by atoms with van der Waals surface area (Å²) < 4.78 is 13.6. The second-order valence-corrected chi connectivity index (χ2v) is 4.42. The summed E-state index contributed by atoms with van der Waals surface area (Å²) in [5, 5.41) is 1.49. The second-order valence-electron chi connectivity index (χ2n) is 3.99. The molecule has 1 heterocycles. The minimum absolute atomic E-state index is 0.218. The third-order valence-electron chi connectivity index (χ3n) is 2.72. The summed E-state index contributed by atoms with van der Waals surface area (Å²) >= 11 is 5.66. The van der Waals surface area contributed by atoms with E-state index in [1.807, 2.05) is 0 Å². The molecule has 0 saturated carbocycles. The first-order valence-electron chi connectivity index (χ1n) is 5.33. The second kappa shape index (κ2) is 4.89. The maximum absolute atomic E-state index is 13.6. The summed E-state index contributed by atoms with van der Waals surface area (Å²) in [6, 6.07) is 4.16. The fourth-order valence-electron chi connectivity index (χ4n) is 1.81. The zero-order chi connectivity index (χ0) is 12.4. The Hall–Kier alpha value is -1.33. The van der Waals surface area contributed by atoms with Crippen LogP contribution in [-0.4, -0.2) is 29.0 Å². The lowest BCUT2D eigenvalue weighted by Crippen LogP contribution is -2.52. The SMILES string of the molecule is NN1CCCN(Cc2ccc(Cl)cc2F)C1=O. The molecule has 0 bridgehead atoms. The number of hydrazine groups is 1. The van der Waals surface area contributed by atoms with Gasteiger partial charge in [-0.1, -0.05) is 17.7 Å². The molecule has 2 rings (SSSR count). The first-order chi connectivity index (χ1) is 8.08. The van der Waals surface area contributed by atoms with Crippen LogP contribution < -0.4 is 5.84 Å². The van der Waals surface area contributed by atoms with Crippen molar-refractivity contribution in [2.75, 3.05) is 13.1 Å². The van der Waals surface area contributed by atoms with Crippen LogP contribution in [0.15, 0.2) is 18.2 Å². The van der Waals surface area contributed by atoms with Gasteiger partial charge in [-0.25, -0.2) is 15.0 Å². The molecule has 6 heteroatoms. The quantitative estimate of drug-likeness (QED) is 0.651. The van der Waals surface area contributed by atoms with E-state index in [2.05, 4.69) is 0 Å². The molecule has 92 valence electrons. The van der Waals surface area contributed by atoms with Gasteiger partial charge in [0.25, 0.3) is 0 Å². The van der Waals surface area contributed by atoms with Crippen LogP contribution in [0.2, 0.25) is 5.02 Å². The molecule has 1 saturated heterocycles. The molecule has 1 aromatic rings. The van der Waals surface area contributed by atoms with Crippen LogP contribution in [0.5, 0.6) is 0 Å². The van der Waals surface area contributed by atoms with Crippen LogP contribution in [0.3, 0.4) is 0 Å². The van der Waals surface area contributed by atoms with Crippen LogP contribution >= 0.6 is 11.6 Å². The number of halogens is 2. The Morgan fingerprint density at radius 2 is 2.18 bits per heavy atom. The minimum Gasteiger partial charge on any atom is -0.319 e. The lowest BCUT2D eigenvalue weighted by atomic mass is 10.2. The van der Waals surface area contributed by atoms with Crippen LogP contribution in [-0.2, 0) is 6.54 Å². The Bertz CT molecular complexity index is 441. The number of carbonyl (C=O) groups excluding carboxylic acids is 1. The number of nitrogens with two attached hydrogens (primary N) is 1. The van der Waals surface area contributed by atoms with Gasteiger partial charge in [-0.2, -0.15) is 0 Å². The van der Waals surface area contributed by atoms with E-state index in [4.69, 9.17) is 17.4 Å². The standard InChI is InChI=1S/C11H13ClFN3O/c12-9-3-2-8(10(13)6-9)7-15-4-1-5-16(14)11(15)17/h2-3,6H,1,4-5,7,14H2. The summed E-state index contributed by atoms with van der Waals surface area (Å²) in [6.07, 6.45) is 0.789. The molecule has 0 aliphatic carbocycles. The molecule has 1 aromatic carbocycles. The van der Waals surface area contributed by atoms with E-state index in [1.165, 1.54) is 11.0 Å². The number of nitrogens with zero attached hydrogens (tertiary/aromatic N) is 2. The molecule has 0 spiro atoms. The molecule has 0 aromatic heterocycles. The molecule has 4 nitrogen and oxygen atoms in total. The molecule has 2 N–H and O–H groups in total. The van der Waals surface area contributed by atoms with Crippen molar-refractivity contribution in [3.63, 3.8) is 0 Å². The number of benzene rings is 1. The Balaban J connectivity index is 2.12. The Kier molecular flexibility index (Phi) is 3.49. The fourth-order valence-corrected chi connectivity index (χ4v) is 1.97. The van der Waals surface area contributed by atoms with E-state index in [0.29, 0.717) is 23.7 Å². The van der Waals surface area contributed by atoms with Gasteiger partial charge in [0.2, 0.25) is 0 Å². The minimum atomic E-state index is -0.403. The normalized spacial score (nSPS) is 16.5. The summed E-state index contributed by atoms with van der Waals surface area (Å²) in [4.78, 5) is 13.2. The predicted octanol–water partition coefficient (Wildman–Crippen LogP) is 1.98. The van der Waals surface area contributed by atoms with Crippen molar-refractivity contribution in [1.82, 2.24) is 9.91 Å². The third-order valence-corrected chi connectivity index (χ3v) is 2.95. The first-order valence-corrected chi connectivity index (χ1v) is 5.71. The topological polar surface area (TPSA) is 49.6 Å². The van der Waals surface area contributed by atoms with E-state index in [-0.39, 0.29) is 12.6 Å². The molecule has 0 unspecified atom stereocenters. The number of rotatable bonds is 2. The predicted molar refractivity (Wildman–Crippen MR) is 62.7 cm³/mol. The third kappa shape index (κ3) is 2.68. The lowest BCUT2D eigenvalue weighted by molar-refractivity contribution is 0.126. The number of urea groups is 1. The van der Waals surface area contributed by atoms with Crippen LogP contribution in [0.4, 0.5) is 9.18 Å². The summed E-state index contributed by atoms with van der Waals surface area (Å²) in [5.41, 5.74) is 0.443. The van der Waals surface area contributed by atoms with Gasteiger partial charge in [0.1, 0.15) is 5.82 Å². The largest absolute Gasteiger partial charge is 0.334 e. The fraction of sp³-hybridized carbons (Fsp3) is 0.364. The van der Waals surface area contributed by atoms with E-state index in [1.54, 1.807) is 12.1 Å². The average Bonchev–Trinajstić information content (AvgIpc) is 2.28. The van der Waals surface area contributed by atoms with Gasteiger partial charge in [-0.15, -0.1) is 0 Å². The Morgan fingerprint density at radius 3 is 2.88 bits per heavy atom. The van der Waals surface area contributed by atoms with Gasteiger partial charge in [0.15, 0.2) is 0 Å². The highest BCUT2D eigenvalue weighted by atomic mass is 35.5. The van der Waals surface area contributed by atoms with Crippen molar-refractivity contribution in [3.05, 3.63) is 34.6 Å². The van der Waals surface area contributed by atoms with E-state index in [9.17, 15) is 9.18 Å². The molecule has 0 atom stereocenters. The highest BCUT2D eigenvalue weighted by molar-refractivity contribution is 6.30. The van der Waals surface area contributed by atoms with E-state index < -0.39 is 5.82 Å². The molecular formula is C11H13ClFN3O. The summed E-state index contributed by atoms with van der Waals surface area (Å²) in [7, 11) is 0. The Morgan fingerprint density at radius 1 is 1.41 bits per heavy atom. The van der Waals surface area contributed by atoms with Crippen LogP contribution in [0.25, 0.3) is 0 Å². The zero-order valence-corrected chi connectivity index (χ0v) is 9.95. The number of amides is 2. The lowest BCUT2D eigenvalue weighted by Gasteiger charge is -2.32. The van der Waals surface area contributed by atoms with Gasteiger partial charge in [0, 0.05) is 23.7 Å². The first kappa shape index (κ1) is 12.1. The van der Waals surface area contributed by atoms with Crippen molar-refractivity contribution in [2.24, 2.45) is 5.84 Å². The highest BCUT2D eigenvalue weighted by Crippen LogP contribution is 2.18. The monoisotopic (exact) mass is 257 g/mol. The summed E-state index contributed by atoms with van der Waals surface area (Å²) in [6.45, 7) is 1.35. The molecule has 0 radical (unpaired) electrons. The van der Waals surface area contributed by atoms with Gasteiger partial charge in [-0.3, -0.25) is 5.01 Å². The Labute approximate surface area is 104 Å². The average molecular weight is 258 g/mol. The van der Waals surface area contributed by atoms with Crippen molar-refractivity contribution in [3.8, 4) is 0 Å². The number of hydrogen-bond acceptors (Lipinski definition) is 2. The molecule has 2 amide bonds. The van der Waals surface area contributed by atoms with Gasteiger partial charge >= 0.3 is 6.03 Å². The van der Waals surface area contributed by atoms with Crippen LogP contribution in [0.1, 0.15) is 12.0 Å². The molecule has 1 aliphatic rings. The van der Waals surface area contributed by atoms with Crippen LogP contribution in [0, 0.1) is 5.82 Å². The van der Waals surface area contributed by atoms with Gasteiger partial charge in [0.05, 0.1) is 6.54 Å². The van der Waals surface area contributed by atoms with Gasteiger partial charge < -0.3 is 4.90 Å². The van der Waals surface area contributed by atoms with Crippen molar-refractivity contribution in [2.45, 2.75) is 13.0 Å². The molecule has 17 heavy (non-hydrogen) atoms. The van der Waals surface area contributed by atoms with Crippen molar-refractivity contribution in [1.29, 1.82) is 0 Å². The summed E-state index contributed by atoms with van der Waals surface area (Å²) in [5.74, 6) is 5.11. The van der Waals surface area contributed by atoms with E-state index in [0.717, 1.165) is 11.4 Å². The van der Waals surface area contributed by atoms with Crippen molar-refractivity contribution >= 4 is 17.6 Å². The maximum atomic E-state index is 13.6. The molecular weight excluding hydrogens is 245 g/mol. The smallest absolute Gasteiger partial charge is 0.319 e. The number of carbonyl (C=O) groups is 1. The van der Waals surface area contributed by atoms with Crippen molar-refractivity contribution < 1.29 is 9.18 Å². The molecule has 1 fully saturated rings. The maximum Gasteiger partial charge on any atom is 0.334 e. The molecule has 1 aliphatic heterocycles.